The Kier molecular flexibility index (Phi) is 3.61. The predicted molar refractivity (Wildman–Crippen MR) is 69.5 cm³/mol. The average molecular weight is 279 g/mol. The van der Waals surface area contributed by atoms with Crippen LogP contribution in [0.3, 0.4) is 0 Å². The summed E-state index contributed by atoms with van der Waals surface area (Å²) in [5.74, 6) is -1.02. The largest absolute Gasteiger partial charge is 0.476 e. The highest BCUT2D eigenvalue weighted by atomic mass is 16.6. The Morgan fingerprint density at radius 3 is 2.40 bits per heavy atom. The molecular weight excluding hydrogens is 262 g/mol. The number of rotatable bonds is 2. The van der Waals surface area contributed by atoms with Crippen molar-refractivity contribution in [2.45, 2.75) is 32.3 Å². The number of nitrogens with zero attached hydrogens (tertiary/aromatic N) is 3. The molecule has 0 unspecified atom stereocenters. The lowest BCUT2D eigenvalue weighted by atomic mass is 9.97. The topological polar surface area (TPSA) is 92.6 Å². The number of aromatic nitrogens is 2. The van der Waals surface area contributed by atoms with Gasteiger partial charge in [-0.15, -0.1) is 0 Å². The third kappa shape index (κ3) is 3.23. The van der Waals surface area contributed by atoms with E-state index in [9.17, 15) is 9.59 Å². The van der Waals surface area contributed by atoms with E-state index < -0.39 is 11.6 Å². The molecule has 0 spiro atoms. The molecule has 2 heterocycles. The Hall–Kier alpha value is -2.18. The number of likely N-dealkylation sites (tertiary alicyclic amines) is 1. The Labute approximate surface area is 116 Å². The van der Waals surface area contributed by atoms with Crippen molar-refractivity contribution in [1.82, 2.24) is 14.9 Å². The molecule has 0 aromatic carbocycles. The zero-order chi connectivity index (χ0) is 14.9. The van der Waals surface area contributed by atoms with Gasteiger partial charge in [-0.1, -0.05) is 0 Å². The van der Waals surface area contributed by atoms with Gasteiger partial charge in [-0.3, -0.25) is 4.98 Å². The number of carbonyl (C=O) groups excluding carboxylic acids is 1. The van der Waals surface area contributed by atoms with E-state index >= 15 is 0 Å². The van der Waals surface area contributed by atoms with Gasteiger partial charge in [-0.25, -0.2) is 14.6 Å². The average Bonchev–Trinajstić information content (AvgIpc) is 2.25. The molecule has 1 N–H and O–H groups in total. The SMILES string of the molecule is CC(C)(C)OC(=O)N1CC(c2cnc(C(=O)O)cn2)C1. The summed E-state index contributed by atoms with van der Waals surface area (Å²) in [7, 11) is 0. The maximum absolute atomic E-state index is 11.8. The summed E-state index contributed by atoms with van der Waals surface area (Å²) in [6, 6.07) is 0. The van der Waals surface area contributed by atoms with E-state index in [1.807, 2.05) is 20.8 Å². The minimum atomic E-state index is -1.10. The first kappa shape index (κ1) is 14.2. The van der Waals surface area contributed by atoms with Crippen molar-refractivity contribution in [2.75, 3.05) is 13.1 Å². The molecule has 0 aliphatic carbocycles. The Balaban J connectivity index is 1.90. The van der Waals surface area contributed by atoms with Gasteiger partial charge in [0, 0.05) is 25.2 Å². The summed E-state index contributed by atoms with van der Waals surface area (Å²) >= 11 is 0. The van der Waals surface area contributed by atoms with E-state index in [1.165, 1.54) is 12.4 Å². The Morgan fingerprint density at radius 2 is 1.95 bits per heavy atom. The fourth-order valence-corrected chi connectivity index (χ4v) is 1.80. The number of amides is 1. The molecule has 1 aromatic heterocycles. The first-order valence-corrected chi connectivity index (χ1v) is 6.29. The summed E-state index contributed by atoms with van der Waals surface area (Å²) < 4.78 is 5.25. The maximum atomic E-state index is 11.8. The molecule has 0 saturated carbocycles. The third-order valence-corrected chi connectivity index (χ3v) is 2.84. The van der Waals surface area contributed by atoms with Crippen LogP contribution in [0.4, 0.5) is 4.79 Å². The lowest BCUT2D eigenvalue weighted by Gasteiger charge is -2.39. The first-order chi connectivity index (χ1) is 9.26. The molecule has 20 heavy (non-hydrogen) atoms. The zero-order valence-corrected chi connectivity index (χ0v) is 11.7. The molecule has 1 amide bonds. The minimum Gasteiger partial charge on any atom is -0.476 e. The van der Waals surface area contributed by atoms with Crippen molar-refractivity contribution in [3.8, 4) is 0 Å². The Morgan fingerprint density at radius 1 is 1.30 bits per heavy atom. The number of ether oxygens (including phenoxy) is 1. The summed E-state index contributed by atoms with van der Waals surface area (Å²) in [5, 5.41) is 8.74. The molecule has 1 aliphatic heterocycles. The fraction of sp³-hybridized carbons (Fsp3) is 0.538. The lowest BCUT2D eigenvalue weighted by molar-refractivity contribution is 0.00784. The van der Waals surface area contributed by atoms with Gasteiger partial charge in [0.15, 0.2) is 5.69 Å². The molecule has 0 atom stereocenters. The molecule has 108 valence electrons. The zero-order valence-electron chi connectivity index (χ0n) is 11.7. The van der Waals surface area contributed by atoms with Gasteiger partial charge in [-0.05, 0) is 20.8 Å². The Bertz CT molecular complexity index is 515. The van der Waals surface area contributed by atoms with E-state index in [0.717, 1.165) is 0 Å². The fourth-order valence-electron chi connectivity index (χ4n) is 1.80. The lowest BCUT2D eigenvalue weighted by Crippen LogP contribution is -2.50. The van der Waals surface area contributed by atoms with Crippen LogP contribution in [0.2, 0.25) is 0 Å². The molecule has 7 heteroatoms. The second kappa shape index (κ2) is 5.07. The minimum absolute atomic E-state index is 0.0814. The van der Waals surface area contributed by atoms with Gasteiger partial charge in [0.05, 0.1) is 11.9 Å². The van der Waals surface area contributed by atoms with Crippen molar-refractivity contribution >= 4 is 12.1 Å². The normalized spacial score (nSPS) is 15.7. The first-order valence-electron chi connectivity index (χ1n) is 6.29. The van der Waals surface area contributed by atoms with Crippen LogP contribution in [0, 0.1) is 0 Å². The molecule has 1 fully saturated rings. The predicted octanol–water partition coefficient (Wildman–Crippen LogP) is 1.51. The number of hydrogen-bond donors (Lipinski definition) is 1. The van der Waals surface area contributed by atoms with E-state index in [2.05, 4.69) is 9.97 Å². The van der Waals surface area contributed by atoms with Gasteiger partial charge >= 0.3 is 12.1 Å². The van der Waals surface area contributed by atoms with Gasteiger partial charge in [0.2, 0.25) is 0 Å². The molecule has 0 radical (unpaired) electrons. The molecular formula is C13H17N3O4. The molecule has 7 nitrogen and oxygen atoms in total. The van der Waals surface area contributed by atoms with Crippen LogP contribution in [0.1, 0.15) is 42.9 Å². The van der Waals surface area contributed by atoms with E-state index in [0.29, 0.717) is 18.8 Å². The van der Waals surface area contributed by atoms with Crippen LogP contribution >= 0.6 is 0 Å². The summed E-state index contributed by atoms with van der Waals surface area (Å²) in [5.41, 5.74) is 0.0948. The van der Waals surface area contributed by atoms with E-state index in [-0.39, 0.29) is 17.7 Å². The van der Waals surface area contributed by atoms with E-state index in [4.69, 9.17) is 9.84 Å². The number of aromatic carboxylic acids is 1. The monoisotopic (exact) mass is 279 g/mol. The highest BCUT2D eigenvalue weighted by Gasteiger charge is 2.35. The molecule has 0 bridgehead atoms. The van der Waals surface area contributed by atoms with Crippen LogP contribution < -0.4 is 0 Å². The standard InChI is InChI=1S/C13H17N3O4/c1-13(2,3)20-12(19)16-6-8(7-16)9-4-15-10(5-14-9)11(17)18/h4-5,8H,6-7H2,1-3H3,(H,17,18). The quantitative estimate of drug-likeness (QED) is 0.882. The highest BCUT2D eigenvalue weighted by molar-refractivity contribution is 5.84. The van der Waals surface area contributed by atoms with Gasteiger partial charge in [-0.2, -0.15) is 0 Å². The van der Waals surface area contributed by atoms with Crippen molar-refractivity contribution < 1.29 is 19.4 Å². The highest BCUT2D eigenvalue weighted by Crippen LogP contribution is 2.26. The van der Waals surface area contributed by atoms with Crippen LogP contribution in [-0.4, -0.2) is 50.7 Å². The van der Waals surface area contributed by atoms with Gasteiger partial charge in [0.25, 0.3) is 0 Å². The molecule has 1 saturated heterocycles. The number of hydrogen-bond acceptors (Lipinski definition) is 5. The van der Waals surface area contributed by atoms with Crippen LogP contribution in [-0.2, 0) is 4.74 Å². The summed E-state index contributed by atoms with van der Waals surface area (Å²) in [6.45, 7) is 6.47. The van der Waals surface area contributed by atoms with Gasteiger partial charge in [0.1, 0.15) is 5.60 Å². The van der Waals surface area contributed by atoms with Crippen molar-refractivity contribution in [2.24, 2.45) is 0 Å². The molecule has 1 aliphatic rings. The number of carboxylic acid groups (broad SMARTS) is 1. The maximum Gasteiger partial charge on any atom is 0.410 e. The number of carboxylic acids is 1. The van der Waals surface area contributed by atoms with Gasteiger partial charge < -0.3 is 14.7 Å². The molecule has 2 rings (SSSR count). The summed E-state index contributed by atoms with van der Waals surface area (Å²) in [6.07, 6.45) is 2.33. The smallest absolute Gasteiger partial charge is 0.410 e. The molecule has 1 aromatic rings. The van der Waals surface area contributed by atoms with Crippen LogP contribution in [0.25, 0.3) is 0 Å². The summed E-state index contributed by atoms with van der Waals surface area (Å²) in [4.78, 5) is 31.9. The van der Waals surface area contributed by atoms with Crippen molar-refractivity contribution in [3.63, 3.8) is 0 Å². The van der Waals surface area contributed by atoms with E-state index in [1.54, 1.807) is 4.90 Å². The second-order valence-electron chi connectivity index (χ2n) is 5.71. The van der Waals surface area contributed by atoms with Crippen LogP contribution in [0.5, 0.6) is 0 Å². The van der Waals surface area contributed by atoms with Crippen molar-refractivity contribution in [3.05, 3.63) is 23.8 Å². The van der Waals surface area contributed by atoms with Crippen LogP contribution in [0.15, 0.2) is 12.4 Å². The second-order valence-corrected chi connectivity index (χ2v) is 5.71. The number of carbonyl (C=O) groups is 2. The van der Waals surface area contributed by atoms with Crippen molar-refractivity contribution in [1.29, 1.82) is 0 Å². The third-order valence-electron chi connectivity index (χ3n) is 2.84.